The Labute approximate surface area is 152 Å². The number of pyridine rings is 1. The highest BCUT2D eigenvalue weighted by Gasteiger charge is 2.34. The second kappa shape index (κ2) is 6.70. The van der Waals surface area contributed by atoms with Gasteiger partial charge in [-0.15, -0.1) is 0 Å². The first kappa shape index (κ1) is 17.8. The molecule has 0 aliphatic carbocycles. The highest BCUT2D eigenvalue weighted by molar-refractivity contribution is 6.30. The molecule has 3 aromatic rings. The second-order valence-electron chi connectivity index (χ2n) is 5.48. The van der Waals surface area contributed by atoms with Gasteiger partial charge in [0.05, 0.1) is 11.3 Å². The number of rotatable bonds is 2. The average molecular weight is 374 g/mol. The van der Waals surface area contributed by atoms with Crippen molar-refractivity contribution in [3.63, 3.8) is 0 Å². The molecule has 0 radical (unpaired) electrons. The van der Waals surface area contributed by atoms with Crippen LogP contribution < -0.4 is 5.73 Å². The number of nitriles is 1. The monoisotopic (exact) mass is 373 g/mol. The molecule has 2 N–H and O–H groups in total. The Bertz CT molecular complexity index is 1020. The molecule has 7 heteroatoms. The fourth-order valence-electron chi connectivity index (χ4n) is 2.66. The van der Waals surface area contributed by atoms with E-state index < -0.39 is 11.7 Å². The molecule has 0 unspecified atom stereocenters. The lowest BCUT2D eigenvalue weighted by atomic mass is 9.94. The smallest absolute Gasteiger partial charge is 0.383 e. The first-order valence-corrected chi connectivity index (χ1v) is 7.82. The maximum atomic E-state index is 13.4. The Kier molecular flexibility index (Phi) is 4.58. The van der Waals surface area contributed by atoms with Crippen LogP contribution in [-0.2, 0) is 6.18 Å². The van der Waals surface area contributed by atoms with Gasteiger partial charge >= 0.3 is 6.18 Å². The van der Waals surface area contributed by atoms with Crippen molar-refractivity contribution in [1.82, 2.24) is 4.98 Å². The van der Waals surface area contributed by atoms with Gasteiger partial charge in [-0.2, -0.15) is 18.4 Å². The maximum absolute atomic E-state index is 13.4. The van der Waals surface area contributed by atoms with Crippen molar-refractivity contribution in [2.45, 2.75) is 6.18 Å². The van der Waals surface area contributed by atoms with Crippen LogP contribution in [0.25, 0.3) is 22.4 Å². The van der Waals surface area contributed by atoms with E-state index >= 15 is 0 Å². The molecule has 26 heavy (non-hydrogen) atoms. The van der Waals surface area contributed by atoms with Gasteiger partial charge in [0.1, 0.15) is 17.5 Å². The summed E-state index contributed by atoms with van der Waals surface area (Å²) in [6.45, 7) is 0. The van der Waals surface area contributed by atoms with Gasteiger partial charge in [0.25, 0.3) is 0 Å². The Morgan fingerprint density at radius 3 is 2.38 bits per heavy atom. The molecule has 1 aromatic heterocycles. The molecule has 0 amide bonds. The zero-order chi connectivity index (χ0) is 18.9. The zero-order valence-corrected chi connectivity index (χ0v) is 13.9. The highest BCUT2D eigenvalue weighted by Crippen LogP contribution is 2.40. The third-order valence-corrected chi connectivity index (χ3v) is 4.04. The molecule has 3 rings (SSSR count). The van der Waals surface area contributed by atoms with Crippen molar-refractivity contribution in [3.05, 3.63) is 70.7 Å². The number of hydrogen-bond acceptors (Lipinski definition) is 3. The van der Waals surface area contributed by atoms with Gasteiger partial charge in [-0.05, 0) is 29.8 Å². The number of hydrogen-bond donors (Lipinski definition) is 1. The molecule has 0 saturated heterocycles. The van der Waals surface area contributed by atoms with E-state index in [4.69, 9.17) is 17.3 Å². The van der Waals surface area contributed by atoms with E-state index in [2.05, 4.69) is 4.98 Å². The van der Waals surface area contributed by atoms with E-state index in [9.17, 15) is 18.4 Å². The molecule has 0 aliphatic rings. The number of halogens is 4. The predicted octanol–water partition coefficient (Wildman–Crippen LogP) is 5.54. The van der Waals surface area contributed by atoms with E-state index in [1.807, 2.05) is 6.07 Å². The SMILES string of the molecule is N#Cc1c(-c2ccccc2C(F)(F)F)cc(-c2cccc(Cl)c2)nc1N. The summed E-state index contributed by atoms with van der Waals surface area (Å²) in [6.07, 6.45) is -4.57. The van der Waals surface area contributed by atoms with Crippen molar-refractivity contribution in [3.8, 4) is 28.5 Å². The van der Waals surface area contributed by atoms with Gasteiger partial charge < -0.3 is 5.73 Å². The van der Waals surface area contributed by atoms with Crippen molar-refractivity contribution < 1.29 is 13.2 Å². The summed E-state index contributed by atoms with van der Waals surface area (Å²) in [4.78, 5) is 4.15. The van der Waals surface area contributed by atoms with Crippen LogP contribution in [0.4, 0.5) is 19.0 Å². The van der Waals surface area contributed by atoms with Crippen molar-refractivity contribution in [2.75, 3.05) is 5.73 Å². The Morgan fingerprint density at radius 2 is 1.73 bits per heavy atom. The average Bonchev–Trinajstić information content (AvgIpc) is 2.60. The summed E-state index contributed by atoms with van der Waals surface area (Å²) in [5, 5.41) is 9.84. The molecule has 3 nitrogen and oxygen atoms in total. The van der Waals surface area contributed by atoms with Crippen LogP contribution >= 0.6 is 11.6 Å². The Hall–Kier alpha value is -3.04. The summed E-state index contributed by atoms with van der Waals surface area (Å²) in [5.41, 5.74) is 5.76. The van der Waals surface area contributed by atoms with Crippen LogP contribution in [0, 0.1) is 11.3 Å². The van der Waals surface area contributed by atoms with Gasteiger partial charge in [-0.25, -0.2) is 4.98 Å². The quantitative estimate of drug-likeness (QED) is 0.641. The number of benzene rings is 2. The molecule has 1 heterocycles. The second-order valence-corrected chi connectivity index (χ2v) is 5.92. The summed E-state index contributed by atoms with van der Waals surface area (Å²) in [5.74, 6) is -0.142. The number of anilines is 1. The molecule has 0 bridgehead atoms. The normalized spacial score (nSPS) is 11.2. The first-order valence-electron chi connectivity index (χ1n) is 7.44. The first-order chi connectivity index (χ1) is 12.3. The van der Waals surface area contributed by atoms with Crippen LogP contribution in [0.3, 0.4) is 0 Å². The topological polar surface area (TPSA) is 62.7 Å². The lowest BCUT2D eigenvalue weighted by Gasteiger charge is -2.15. The van der Waals surface area contributed by atoms with Gasteiger partial charge in [-0.3, -0.25) is 0 Å². The minimum atomic E-state index is -4.57. The molecular formula is C19H11ClF3N3. The predicted molar refractivity (Wildman–Crippen MR) is 94.2 cm³/mol. The number of nitrogens with zero attached hydrogens (tertiary/aromatic N) is 2. The van der Waals surface area contributed by atoms with E-state index in [1.165, 1.54) is 24.3 Å². The van der Waals surface area contributed by atoms with Gasteiger partial charge in [0.2, 0.25) is 0 Å². The van der Waals surface area contributed by atoms with Crippen molar-refractivity contribution >= 4 is 17.4 Å². The number of nitrogens with two attached hydrogens (primary N) is 1. The molecule has 0 atom stereocenters. The number of alkyl halides is 3. The van der Waals surface area contributed by atoms with Crippen LogP contribution in [-0.4, -0.2) is 4.98 Å². The minimum Gasteiger partial charge on any atom is -0.383 e. The summed E-state index contributed by atoms with van der Waals surface area (Å²) in [6, 6.07) is 15.0. The molecule has 130 valence electrons. The van der Waals surface area contributed by atoms with Crippen LogP contribution in [0.5, 0.6) is 0 Å². The third-order valence-electron chi connectivity index (χ3n) is 3.80. The fraction of sp³-hybridized carbons (Fsp3) is 0.0526. The van der Waals surface area contributed by atoms with Crippen LogP contribution in [0.1, 0.15) is 11.1 Å². The molecule has 2 aromatic carbocycles. The van der Waals surface area contributed by atoms with Crippen LogP contribution in [0.2, 0.25) is 5.02 Å². The van der Waals surface area contributed by atoms with Crippen LogP contribution in [0.15, 0.2) is 54.6 Å². The van der Waals surface area contributed by atoms with E-state index in [1.54, 1.807) is 24.3 Å². The third kappa shape index (κ3) is 3.35. The molecule has 0 saturated carbocycles. The Balaban J connectivity index is 2.31. The summed E-state index contributed by atoms with van der Waals surface area (Å²) >= 11 is 5.97. The lowest BCUT2D eigenvalue weighted by Crippen LogP contribution is -2.08. The standard InChI is InChI=1S/C19H11ClF3N3/c20-12-5-3-4-11(8-12)17-9-14(15(10-24)18(25)26-17)13-6-1-2-7-16(13)19(21,22)23/h1-9H,(H2,25,26). The molecular weight excluding hydrogens is 363 g/mol. The van der Waals surface area contributed by atoms with E-state index in [0.717, 1.165) is 6.07 Å². The van der Waals surface area contributed by atoms with Crippen molar-refractivity contribution in [1.29, 1.82) is 5.26 Å². The minimum absolute atomic E-state index is 0.0721. The van der Waals surface area contributed by atoms with E-state index in [-0.39, 0.29) is 22.5 Å². The number of aromatic nitrogens is 1. The highest BCUT2D eigenvalue weighted by atomic mass is 35.5. The van der Waals surface area contributed by atoms with Gasteiger partial charge in [-0.1, -0.05) is 41.9 Å². The van der Waals surface area contributed by atoms with Crippen molar-refractivity contribution in [2.24, 2.45) is 0 Å². The fourth-order valence-corrected chi connectivity index (χ4v) is 2.85. The largest absolute Gasteiger partial charge is 0.417 e. The van der Waals surface area contributed by atoms with Gasteiger partial charge in [0, 0.05) is 16.1 Å². The number of nitrogen functional groups attached to an aromatic ring is 1. The zero-order valence-electron chi connectivity index (χ0n) is 13.2. The lowest BCUT2D eigenvalue weighted by molar-refractivity contribution is -0.137. The van der Waals surface area contributed by atoms with Gasteiger partial charge in [0.15, 0.2) is 0 Å². The summed E-state index contributed by atoms with van der Waals surface area (Å²) < 4.78 is 40.2. The molecule has 0 spiro atoms. The Morgan fingerprint density at radius 1 is 1.00 bits per heavy atom. The summed E-state index contributed by atoms with van der Waals surface area (Å²) in [7, 11) is 0. The molecule has 0 fully saturated rings. The van der Waals surface area contributed by atoms with E-state index in [0.29, 0.717) is 16.3 Å². The molecule has 0 aliphatic heterocycles. The maximum Gasteiger partial charge on any atom is 0.417 e.